The number of hydrogen-bond donors (Lipinski definition) is 1. The van der Waals surface area contributed by atoms with E-state index in [1.807, 2.05) is 13.1 Å². The molecule has 0 aromatic heterocycles. The van der Waals surface area contributed by atoms with Crippen LogP contribution in [0.2, 0.25) is 0 Å². The maximum Gasteiger partial charge on any atom is 0.0569 e. The highest BCUT2D eigenvalue weighted by molar-refractivity contribution is 5.69. The molecule has 0 spiro atoms. The average Bonchev–Trinajstić information content (AvgIpc) is 2.19. The van der Waals surface area contributed by atoms with Crippen molar-refractivity contribution in [2.45, 2.75) is 27.7 Å². The van der Waals surface area contributed by atoms with Gasteiger partial charge in [0.05, 0.1) is 6.61 Å². The Kier molecular flexibility index (Phi) is 3.50. The van der Waals surface area contributed by atoms with E-state index < -0.39 is 0 Å². The first-order chi connectivity index (χ1) is 6.92. The minimum atomic E-state index is -0.332. The van der Waals surface area contributed by atoms with E-state index in [1.165, 1.54) is 0 Å². The van der Waals surface area contributed by atoms with Crippen molar-refractivity contribution in [2.75, 3.05) is 6.61 Å². The first-order valence-corrected chi connectivity index (χ1v) is 5.45. The zero-order valence-corrected chi connectivity index (χ0v) is 10.1. The lowest BCUT2D eigenvalue weighted by Crippen LogP contribution is -2.24. The number of allylic oxidation sites excluding steroid dienone is 2. The second-order valence-electron chi connectivity index (χ2n) is 5.11. The maximum atomic E-state index is 9.31. The third-order valence-corrected chi connectivity index (χ3v) is 3.30. The largest absolute Gasteiger partial charge is 0.395 e. The summed E-state index contributed by atoms with van der Waals surface area (Å²) >= 11 is 0. The van der Waals surface area contributed by atoms with Crippen molar-refractivity contribution in [1.29, 1.82) is 0 Å². The summed E-state index contributed by atoms with van der Waals surface area (Å²) in [4.78, 5) is 4.22. The van der Waals surface area contributed by atoms with Gasteiger partial charge in [-0.1, -0.05) is 39.0 Å². The maximum absolute atomic E-state index is 9.31. The molecule has 0 saturated carbocycles. The van der Waals surface area contributed by atoms with Gasteiger partial charge >= 0.3 is 0 Å². The van der Waals surface area contributed by atoms with Crippen molar-refractivity contribution in [1.82, 2.24) is 0 Å². The summed E-state index contributed by atoms with van der Waals surface area (Å²) in [7, 11) is 0. The van der Waals surface area contributed by atoms with Crippen LogP contribution in [0.3, 0.4) is 0 Å². The summed E-state index contributed by atoms with van der Waals surface area (Å²) in [5.41, 5.74) is -0.310. The van der Waals surface area contributed by atoms with Gasteiger partial charge in [-0.25, -0.2) is 0 Å². The second-order valence-corrected chi connectivity index (χ2v) is 5.11. The second kappa shape index (κ2) is 4.31. The number of aliphatic imine (C=N–C) groups is 1. The Morgan fingerprint density at radius 1 is 1.20 bits per heavy atom. The number of aliphatic hydroxyl groups excluding tert-OH is 1. The summed E-state index contributed by atoms with van der Waals surface area (Å²) < 4.78 is 0. The summed E-state index contributed by atoms with van der Waals surface area (Å²) in [6, 6.07) is 0. The van der Waals surface area contributed by atoms with Gasteiger partial charge < -0.3 is 5.11 Å². The van der Waals surface area contributed by atoms with Crippen LogP contribution in [0, 0.1) is 16.7 Å². The van der Waals surface area contributed by atoms with Gasteiger partial charge in [0.1, 0.15) is 0 Å². The molecule has 0 aromatic rings. The molecule has 1 aliphatic heterocycles. The zero-order valence-electron chi connectivity index (χ0n) is 10.1. The predicted octanol–water partition coefficient (Wildman–Crippen LogP) is 2.80. The highest BCUT2D eigenvalue weighted by Crippen LogP contribution is 2.33. The lowest BCUT2D eigenvalue weighted by atomic mass is 9.76. The lowest BCUT2D eigenvalue weighted by molar-refractivity contribution is 0.233. The van der Waals surface area contributed by atoms with Crippen LogP contribution in [-0.4, -0.2) is 17.9 Å². The van der Waals surface area contributed by atoms with E-state index in [1.54, 1.807) is 6.21 Å². The summed E-state index contributed by atoms with van der Waals surface area (Å²) in [6.07, 6.45) is 9.97. The van der Waals surface area contributed by atoms with Crippen LogP contribution in [0.15, 0.2) is 29.4 Å². The van der Waals surface area contributed by atoms with Gasteiger partial charge in [0.25, 0.3) is 0 Å². The molecule has 0 saturated heterocycles. The normalized spacial score (nSPS) is 35.6. The third-order valence-electron chi connectivity index (χ3n) is 3.30. The van der Waals surface area contributed by atoms with Crippen molar-refractivity contribution in [2.24, 2.45) is 21.7 Å². The van der Waals surface area contributed by atoms with Crippen LogP contribution >= 0.6 is 0 Å². The van der Waals surface area contributed by atoms with Crippen molar-refractivity contribution in [3.63, 3.8) is 0 Å². The molecule has 1 N–H and O–H groups in total. The number of hydrogen-bond acceptors (Lipinski definition) is 2. The molecule has 1 rings (SSSR count). The first-order valence-electron chi connectivity index (χ1n) is 5.45. The Labute approximate surface area is 92.4 Å². The number of rotatable bonds is 2. The third kappa shape index (κ3) is 2.78. The predicted molar refractivity (Wildman–Crippen MR) is 64.9 cm³/mol. The van der Waals surface area contributed by atoms with Crippen LogP contribution in [0.5, 0.6) is 0 Å². The Morgan fingerprint density at radius 2 is 1.87 bits per heavy atom. The molecule has 2 heteroatoms. The number of nitrogens with zero attached hydrogens (tertiary/aromatic N) is 1. The van der Waals surface area contributed by atoms with E-state index in [9.17, 15) is 5.11 Å². The summed E-state index contributed by atoms with van der Waals surface area (Å²) in [6.45, 7) is 8.64. The van der Waals surface area contributed by atoms with Gasteiger partial charge in [-0.2, -0.15) is 0 Å². The monoisotopic (exact) mass is 207 g/mol. The van der Waals surface area contributed by atoms with E-state index in [-0.39, 0.29) is 17.4 Å². The Balaban J connectivity index is 3.06. The molecule has 0 fully saturated rings. The molecule has 0 radical (unpaired) electrons. The summed E-state index contributed by atoms with van der Waals surface area (Å²) in [5.74, 6) is 0.515. The Hall–Kier alpha value is -0.890. The van der Waals surface area contributed by atoms with Gasteiger partial charge in [-0.15, -0.1) is 0 Å². The highest BCUT2D eigenvalue weighted by Gasteiger charge is 2.25. The molecule has 2 atom stereocenters. The molecule has 0 aliphatic carbocycles. The molecule has 0 bridgehead atoms. The van der Waals surface area contributed by atoms with Crippen LogP contribution in [-0.2, 0) is 0 Å². The van der Waals surface area contributed by atoms with E-state index in [4.69, 9.17) is 0 Å². The van der Waals surface area contributed by atoms with Crippen molar-refractivity contribution in [3.8, 4) is 0 Å². The van der Waals surface area contributed by atoms with E-state index >= 15 is 0 Å². The van der Waals surface area contributed by atoms with Crippen molar-refractivity contribution < 1.29 is 5.11 Å². The van der Waals surface area contributed by atoms with Crippen LogP contribution in [0.25, 0.3) is 0 Å². The molecule has 1 aliphatic rings. The molecule has 0 aromatic carbocycles. The Bertz CT molecular complexity index is 304. The fourth-order valence-electron chi connectivity index (χ4n) is 1.36. The molecule has 15 heavy (non-hydrogen) atoms. The average molecular weight is 207 g/mol. The molecule has 1 heterocycles. The fourth-order valence-corrected chi connectivity index (χ4v) is 1.36. The van der Waals surface area contributed by atoms with E-state index in [0.29, 0.717) is 5.92 Å². The molecular formula is C13H21NO. The first kappa shape index (κ1) is 12.2. The molecule has 84 valence electrons. The minimum Gasteiger partial charge on any atom is -0.395 e. The SMILES string of the molecule is CC(C)C1(C)C=CN=CC(C)(CO)C=C1. The van der Waals surface area contributed by atoms with Crippen molar-refractivity contribution >= 4 is 6.21 Å². The topological polar surface area (TPSA) is 32.6 Å². The highest BCUT2D eigenvalue weighted by atomic mass is 16.3. The van der Waals surface area contributed by atoms with Crippen LogP contribution in [0.4, 0.5) is 0 Å². The van der Waals surface area contributed by atoms with Gasteiger partial charge in [-0.3, -0.25) is 4.99 Å². The lowest BCUT2D eigenvalue weighted by Gasteiger charge is -2.29. The van der Waals surface area contributed by atoms with Crippen LogP contribution < -0.4 is 0 Å². The standard InChI is InChI=1S/C13H21NO/c1-11(2)13(4)6-5-12(3,10-15)9-14-8-7-13/h5-9,11,15H,10H2,1-4H3. The quantitative estimate of drug-likeness (QED) is 0.694. The van der Waals surface area contributed by atoms with Crippen molar-refractivity contribution in [3.05, 3.63) is 24.4 Å². The molecular weight excluding hydrogens is 186 g/mol. The molecule has 2 unspecified atom stereocenters. The minimum absolute atomic E-state index is 0.0220. The van der Waals surface area contributed by atoms with Gasteiger partial charge in [-0.05, 0) is 12.8 Å². The number of aliphatic hydroxyl groups is 1. The van der Waals surface area contributed by atoms with Gasteiger partial charge in [0.2, 0.25) is 0 Å². The summed E-state index contributed by atoms with van der Waals surface area (Å²) in [5, 5.41) is 9.31. The van der Waals surface area contributed by atoms with Crippen LogP contribution in [0.1, 0.15) is 27.7 Å². The molecule has 0 amide bonds. The van der Waals surface area contributed by atoms with Gasteiger partial charge in [0, 0.05) is 23.2 Å². The fraction of sp³-hybridized carbons (Fsp3) is 0.615. The van der Waals surface area contributed by atoms with E-state index in [2.05, 4.69) is 44.0 Å². The van der Waals surface area contributed by atoms with Gasteiger partial charge in [0.15, 0.2) is 0 Å². The van der Waals surface area contributed by atoms with E-state index in [0.717, 1.165) is 0 Å². The smallest absolute Gasteiger partial charge is 0.0569 e. The Morgan fingerprint density at radius 3 is 2.40 bits per heavy atom. The zero-order chi connectivity index (χ0) is 11.5. The molecule has 2 nitrogen and oxygen atoms in total.